The molecule has 0 atom stereocenters. The van der Waals surface area contributed by atoms with Crippen LogP contribution in [0.5, 0.6) is 5.75 Å². The van der Waals surface area contributed by atoms with Crippen molar-refractivity contribution in [3.05, 3.63) is 52.1 Å². The maximum atomic E-state index is 13.0. The molecular weight excluding hydrogens is 257 g/mol. The smallest absolute Gasteiger partial charge is 0.287 e. The van der Waals surface area contributed by atoms with Crippen molar-refractivity contribution in [1.82, 2.24) is 4.98 Å². The zero-order chi connectivity index (χ0) is 14.0. The van der Waals surface area contributed by atoms with E-state index in [1.54, 1.807) is 0 Å². The average molecular weight is 265 g/mol. The molecule has 2 aromatic rings. The Morgan fingerprint density at radius 1 is 1.42 bits per heavy atom. The van der Waals surface area contributed by atoms with Crippen LogP contribution in [0.4, 0.5) is 15.8 Å². The van der Waals surface area contributed by atoms with Gasteiger partial charge in [-0.05, 0) is 12.1 Å². The van der Waals surface area contributed by atoms with Gasteiger partial charge in [0, 0.05) is 17.8 Å². The molecule has 0 saturated heterocycles. The lowest BCUT2D eigenvalue weighted by Crippen LogP contribution is -2.12. The molecule has 0 radical (unpaired) electrons. The number of phenols is 1. The molecule has 0 aliphatic rings. The number of benzene rings is 1. The first-order chi connectivity index (χ1) is 8.97. The molecule has 8 heteroatoms. The van der Waals surface area contributed by atoms with E-state index in [2.05, 4.69) is 10.3 Å². The number of nitrogens with zero attached hydrogens (tertiary/aromatic N) is 1. The highest BCUT2D eigenvalue weighted by Gasteiger charge is 2.14. The minimum absolute atomic E-state index is 0.0276. The van der Waals surface area contributed by atoms with E-state index in [-0.39, 0.29) is 17.1 Å². The number of nitro groups is 1. The number of hydrogen-bond donors (Lipinski definition) is 3. The largest absolute Gasteiger partial charge is 0.505 e. The molecule has 0 saturated carbocycles. The fraction of sp³-hybridized carbons (Fsp3) is 0. The molecule has 1 amide bonds. The van der Waals surface area contributed by atoms with Crippen molar-refractivity contribution in [2.45, 2.75) is 0 Å². The van der Waals surface area contributed by atoms with E-state index in [0.717, 1.165) is 24.4 Å². The summed E-state index contributed by atoms with van der Waals surface area (Å²) in [5.41, 5.74) is -0.153. The van der Waals surface area contributed by atoms with Gasteiger partial charge in [-0.2, -0.15) is 0 Å². The van der Waals surface area contributed by atoms with Gasteiger partial charge in [0.25, 0.3) is 11.6 Å². The van der Waals surface area contributed by atoms with Crippen LogP contribution in [0.15, 0.2) is 30.5 Å². The third kappa shape index (κ3) is 2.68. The number of carbonyl (C=O) groups is 1. The number of halogens is 1. The number of rotatable bonds is 3. The van der Waals surface area contributed by atoms with Crippen LogP contribution >= 0.6 is 0 Å². The molecular formula is C11H8FN3O4. The summed E-state index contributed by atoms with van der Waals surface area (Å²) in [5, 5.41) is 21.8. The SMILES string of the molecule is O=C(Nc1ccc(O)c(F)c1)c1cc([N+](=O)[O-])c[nH]1. The lowest BCUT2D eigenvalue weighted by atomic mass is 10.2. The Bertz CT molecular complexity index is 653. The van der Waals surface area contributed by atoms with Crippen LogP contribution in [-0.2, 0) is 0 Å². The van der Waals surface area contributed by atoms with E-state index in [1.807, 2.05) is 0 Å². The highest BCUT2D eigenvalue weighted by Crippen LogP contribution is 2.20. The molecule has 1 heterocycles. The van der Waals surface area contributed by atoms with Crippen LogP contribution in [0, 0.1) is 15.9 Å². The Balaban J connectivity index is 2.15. The van der Waals surface area contributed by atoms with Gasteiger partial charge in [0.1, 0.15) is 5.69 Å². The van der Waals surface area contributed by atoms with Crippen molar-refractivity contribution >= 4 is 17.3 Å². The molecule has 0 spiro atoms. The summed E-state index contributed by atoms with van der Waals surface area (Å²) in [6, 6.07) is 4.38. The first kappa shape index (κ1) is 12.6. The molecule has 0 fully saturated rings. The molecule has 0 aliphatic carbocycles. The number of hydrogen-bond acceptors (Lipinski definition) is 4. The highest BCUT2D eigenvalue weighted by molar-refractivity contribution is 6.03. The second-order valence-electron chi connectivity index (χ2n) is 3.65. The molecule has 3 N–H and O–H groups in total. The fourth-order valence-corrected chi connectivity index (χ4v) is 1.40. The molecule has 7 nitrogen and oxygen atoms in total. The highest BCUT2D eigenvalue weighted by atomic mass is 19.1. The Labute approximate surface area is 105 Å². The van der Waals surface area contributed by atoms with Crippen molar-refractivity contribution in [1.29, 1.82) is 0 Å². The number of aromatic hydroxyl groups is 1. The predicted octanol–water partition coefficient (Wildman–Crippen LogP) is 2.02. The van der Waals surface area contributed by atoms with Crippen LogP contribution in [-0.4, -0.2) is 20.9 Å². The van der Waals surface area contributed by atoms with Gasteiger partial charge in [0.05, 0.1) is 11.1 Å². The third-order valence-electron chi connectivity index (χ3n) is 2.33. The van der Waals surface area contributed by atoms with Gasteiger partial charge in [-0.25, -0.2) is 4.39 Å². The van der Waals surface area contributed by atoms with Gasteiger partial charge in [-0.3, -0.25) is 14.9 Å². The lowest BCUT2D eigenvalue weighted by molar-refractivity contribution is -0.384. The second kappa shape index (κ2) is 4.77. The van der Waals surface area contributed by atoms with Gasteiger partial charge in [-0.1, -0.05) is 0 Å². The standard InChI is InChI=1S/C11H8FN3O4/c12-8-3-6(1-2-10(8)16)14-11(17)9-4-7(5-13-9)15(18)19/h1-5,13,16H,(H,14,17). The molecule has 98 valence electrons. The zero-order valence-electron chi connectivity index (χ0n) is 9.38. The maximum Gasteiger partial charge on any atom is 0.287 e. The quantitative estimate of drug-likeness (QED) is 0.448. The van der Waals surface area contributed by atoms with Gasteiger partial charge in [0.15, 0.2) is 11.6 Å². The topological polar surface area (TPSA) is 108 Å². The molecule has 0 unspecified atom stereocenters. The van der Waals surface area contributed by atoms with Crippen molar-refractivity contribution in [2.75, 3.05) is 5.32 Å². The van der Waals surface area contributed by atoms with E-state index in [1.165, 1.54) is 6.07 Å². The number of amides is 1. The first-order valence-electron chi connectivity index (χ1n) is 5.10. The maximum absolute atomic E-state index is 13.0. The van der Waals surface area contributed by atoms with Crippen molar-refractivity contribution in [3.8, 4) is 5.75 Å². The first-order valence-corrected chi connectivity index (χ1v) is 5.10. The summed E-state index contributed by atoms with van der Waals surface area (Å²) < 4.78 is 13.0. The van der Waals surface area contributed by atoms with E-state index in [9.17, 15) is 19.3 Å². The zero-order valence-corrected chi connectivity index (χ0v) is 9.38. The number of phenolic OH excluding ortho intramolecular Hbond substituents is 1. The summed E-state index contributed by atoms with van der Waals surface area (Å²) in [7, 11) is 0. The summed E-state index contributed by atoms with van der Waals surface area (Å²) in [5.74, 6) is -2.07. The minimum Gasteiger partial charge on any atom is -0.505 e. The Morgan fingerprint density at radius 3 is 2.74 bits per heavy atom. The van der Waals surface area contributed by atoms with Gasteiger partial charge in [-0.15, -0.1) is 0 Å². The van der Waals surface area contributed by atoms with Crippen molar-refractivity contribution in [3.63, 3.8) is 0 Å². The number of nitrogens with one attached hydrogen (secondary N) is 2. The molecule has 0 aliphatic heterocycles. The average Bonchev–Trinajstić information content (AvgIpc) is 2.83. The van der Waals surface area contributed by atoms with Crippen molar-refractivity contribution in [2.24, 2.45) is 0 Å². The third-order valence-corrected chi connectivity index (χ3v) is 2.33. The van der Waals surface area contributed by atoms with E-state index in [4.69, 9.17) is 5.11 Å². The normalized spacial score (nSPS) is 10.2. The monoisotopic (exact) mass is 265 g/mol. The fourth-order valence-electron chi connectivity index (χ4n) is 1.40. The molecule has 1 aromatic heterocycles. The van der Waals surface area contributed by atoms with Crippen LogP contribution < -0.4 is 5.32 Å². The summed E-state index contributed by atoms with van der Waals surface area (Å²) >= 11 is 0. The number of aromatic nitrogens is 1. The Kier molecular flexibility index (Phi) is 3.15. The summed E-state index contributed by atoms with van der Waals surface area (Å²) in [6.07, 6.45) is 1.08. The number of anilines is 1. The second-order valence-corrected chi connectivity index (χ2v) is 3.65. The van der Waals surface area contributed by atoms with Crippen LogP contribution in [0.3, 0.4) is 0 Å². The Morgan fingerprint density at radius 2 is 2.16 bits per heavy atom. The van der Waals surface area contributed by atoms with E-state index < -0.39 is 22.4 Å². The van der Waals surface area contributed by atoms with E-state index >= 15 is 0 Å². The summed E-state index contributed by atoms with van der Waals surface area (Å²) in [6.45, 7) is 0. The minimum atomic E-state index is -0.879. The van der Waals surface area contributed by atoms with Crippen LogP contribution in [0.2, 0.25) is 0 Å². The Hall–Kier alpha value is -2.90. The van der Waals surface area contributed by atoms with Crippen LogP contribution in [0.1, 0.15) is 10.5 Å². The molecule has 19 heavy (non-hydrogen) atoms. The van der Waals surface area contributed by atoms with Gasteiger partial charge in [0.2, 0.25) is 0 Å². The molecule has 2 rings (SSSR count). The number of carbonyl (C=O) groups excluding carboxylic acids is 1. The molecule has 1 aromatic carbocycles. The number of H-pyrrole nitrogens is 1. The van der Waals surface area contributed by atoms with E-state index in [0.29, 0.717) is 0 Å². The van der Waals surface area contributed by atoms with Gasteiger partial charge >= 0.3 is 0 Å². The number of aromatic amines is 1. The summed E-state index contributed by atoms with van der Waals surface area (Å²) in [4.78, 5) is 23.9. The molecule has 0 bridgehead atoms. The predicted molar refractivity (Wildman–Crippen MR) is 63.5 cm³/mol. The van der Waals surface area contributed by atoms with Crippen LogP contribution in [0.25, 0.3) is 0 Å². The van der Waals surface area contributed by atoms with Gasteiger partial charge < -0.3 is 15.4 Å². The van der Waals surface area contributed by atoms with Crippen molar-refractivity contribution < 1.29 is 19.2 Å². The lowest BCUT2D eigenvalue weighted by Gasteiger charge is -2.04.